The molecule has 1 atom stereocenters. The molecule has 3 N–H and O–H groups in total. The van der Waals surface area contributed by atoms with Crippen molar-refractivity contribution in [1.29, 1.82) is 0 Å². The number of nitrogens with two attached hydrogens (primary N) is 1. The minimum absolute atomic E-state index is 0.0916. The summed E-state index contributed by atoms with van der Waals surface area (Å²) in [6.45, 7) is 1.21. The summed E-state index contributed by atoms with van der Waals surface area (Å²) in [4.78, 5) is 11.2. The fourth-order valence-corrected chi connectivity index (χ4v) is 1.09. The summed E-state index contributed by atoms with van der Waals surface area (Å²) in [5, 5.41) is 2.75. The maximum absolute atomic E-state index is 11.2. The van der Waals surface area contributed by atoms with Gasteiger partial charge in [-0.25, -0.2) is 0 Å². The van der Waals surface area contributed by atoms with E-state index in [4.69, 9.17) is 10.5 Å². The maximum Gasteiger partial charge on any atom is 0.237 e. The molecule has 0 aliphatic heterocycles. The summed E-state index contributed by atoms with van der Waals surface area (Å²) >= 11 is 1.69. The first-order valence-corrected chi connectivity index (χ1v) is 5.63. The number of carbonyl (C=O) groups excluding carboxylic acids is 1. The number of amides is 1. The Hall–Kier alpha value is -0.260. The molecule has 0 rings (SSSR count). The molecule has 4 nitrogen and oxygen atoms in total. The van der Waals surface area contributed by atoms with E-state index in [2.05, 4.69) is 5.32 Å². The van der Waals surface area contributed by atoms with Gasteiger partial charge in [-0.15, -0.1) is 0 Å². The lowest BCUT2D eigenvalue weighted by Crippen LogP contribution is -2.42. The highest BCUT2D eigenvalue weighted by molar-refractivity contribution is 7.98. The molecular weight excluding hydrogens is 188 g/mol. The van der Waals surface area contributed by atoms with Gasteiger partial charge in [0.2, 0.25) is 5.91 Å². The van der Waals surface area contributed by atoms with Gasteiger partial charge in [-0.05, 0) is 12.7 Å². The van der Waals surface area contributed by atoms with Crippen LogP contribution < -0.4 is 11.1 Å². The van der Waals surface area contributed by atoms with Gasteiger partial charge in [-0.3, -0.25) is 4.79 Å². The van der Waals surface area contributed by atoms with E-state index in [1.54, 1.807) is 18.9 Å². The lowest BCUT2D eigenvalue weighted by atomic mass is 10.2. The highest BCUT2D eigenvalue weighted by Crippen LogP contribution is 1.90. The Kier molecular flexibility index (Phi) is 8.18. The monoisotopic (exact) mass is 206 g/mol. The van der Waals surface area contributed by atoms with Crippen molar-refractivity contribution in [2.24, 2.45) is 5.73 Å². The van der Waals surface area contributed by atoms with Crippen LogP contribution in [-0.2, 0) is 9.53 Å². The minimum atomic E-state index is -0.443. The fraction of sp³-hybridized carbons (Fsp3) is 0.875. The second kappa shape index (κ2) is 8.34. The fourth-order valence-electron chi connectivity index (χ4n) is 0.783. The topological polar surface area (TPSA) is 64.3 Å². The lowest BCUT2D eigenvalue weighted by molar-refractivity contribution is -0.122. The molecule has 1 unspecified atom stereocenters. The lowest BCUT2D eigenvalue weighted by Gasteiger charge is -2.10. The third kappa shape index (κ3) is 6.86. The number of hydrogen-bond acceptors (Lipinski definition) is 4. The smallest absolute Gasteiger partial charge is 0.237 e. The van der Waals surface area contributed by atoms with Crippen LogP contribution in [0.1, 0.15) is 6.42 Å². The molecule has 0 heterocycles. The Morgan fingerprint density at radius 1 is 1.69 bits per heavy atom. The summed E-state index contributed by atoms with van der Waals surface area (Å²) in [5.74, 6) is 0.828. The van der Waals surface area contributed by atoms with Crippen molar-refractivity contribution in [1.82, 2.24) is 5.32 Å². The first-order chi connectivity index (χ1) is 6.22. The zero-order chi connectivity index (χ0) is 10.1. The van der Waals surface area contributed by atoms with E-state index < -0.39 is 6.04 Å². The Morgan fingerprint density at radius 3 is 2.92 bits per heavy atom. The number of nitrogens with one attached hydrogen (secondary N) is 1. The number of thioether (sulfide) groups is 1. The van der Waals surface area contributed by atoms with Crippen molar-refractivity contribution in [2.45, 2.75) is 12.5 Å². The molecule has 0 bridgehead atoms. The molecule has 78 valence electrons. The molecule has 13 heavy (non-hydrogen) atoms. The minimum Gasteiger partial charge on any atom is -0.385 e. The molecule has 0 aromatic carbocycles. The van der Waals surface area contributed by atoms with Crippen LogP contribution in [0.25, 0.3) is 0 Å². The molecule has 0 radical (unpaired) electrons. The first kappa shape index (κ1) is 12.7. The highest BCUT2D eigenvalue weighted by atomic mass is 32.2. The van der Waals surface area contributed by atoms with Gasteiger partial charge in [-0.2, -0.15) is 11.8 Å². The maximum atomic E-state index is 11.2. The Bertz CT molecular complexity index is 144. The molecule has 0 fully saturated rings. The quantitative estimate of drug-likeness (QED) is 0.568. The van der Waals surface area contributed by atoms with Gasteiger partial charge in [0, 0.05) is 26.0 Å². The van der Waals surface area contributed by atoms with Gasteiger partial charge in [0.1, 0.15) is 0 Å². The number of rotatable bonds is 7. The summed E-state index contributed by atoms with van der Waals surface area (Å²) < 4.78 is 4.82. The van der Waals surface area contributed by atoms with Gasteiger partial charge >= 0.3 is 0 Å². The van der Waals surface area contributed by atoms with E-state index >= 15 is 0 Å². The number of carbonyl (C=O) groups is 1. The molecule has 0 aromatic rings. The Labute approximate surface area is 83.6 Å². The van der Waals surface area contributed by atoms with Gasteiger partial charge in [0.25, 0.3) is 0 Å². The predicted octanol–water partition coefficient (Wildman–Crippen LogP) is -0.171. The zero-order valence-corrected chi connectivity index (χ0v) is 9.02. The molecule has 0 saturated carbocycles. The van der Waals surface area contributed by atoms with E-state index in [-0.39, 0.29) is 5.91 Å². The normalized spacial score (nSPS) is 12.5. The van der Waals surface area contributed by atoms with E-state index in [9.17, 15) is 4.79 Å². The second-order valence-corrected chi connectivity index (χ2v) is 3.66. The van der Waals surface area contributed by atoms with E-state index in [0.717, 1.165) is 5.75 Å². The molecule has 0 spiro atoms. The van der Waals surface area contributed by atoms with Crippen molar-refractivity contribution < 1.29 is 9.53 Å². The average Bonchev–Trinajstić information content (AvgIpc) is 2.14. The van der Waals surface area contributed by atoms with Gasteiger partial charge in [0.05, 0.1) is 6.04 Å². The van der Waals surface area contributed by atoms with E-state index in [1.165, 1.54) is 0 Å². The van der Waals surface area contributed by atoms with Crippen LogP contribution in [0.4, 0.5) is 0 Å². The highest BCUT2D eigenvalue weighted by Gasteiger charge is 2.11. The van der Waals surface area contributed by atoms with Crippen LogP contribution in [0.3, 0.4) is 0 Å². The summed E-state index contributed by atoms with van der Waals surface area (Å²) in [6, 6.07) is -0.443. The molecular formula is C8H18N2O2S. The number of hydrogen-bond donors (Lipinski definition) is 2. The standard InChI is InChI=1S/C8H18N2O2S/c1-12-5-3-7(9)8(11)10-4-6-13-2/h7H,3-6,9H2,1-2H3,(H,10,11). The Morgan fingerprint density at radius 2 is 2.38 bits per heavy atom. The van der Waals surface area contributed by atoms with E-state index in [0.29, 0.717) is 19.6 Å². The zero-order valence-electron chi connectivity index (χ0n) is 8.21. The Balaban J connectivity index is 3.45. The largest absolute Gasteiger partial charge is 0.385 e. The van der Waals surface area contributed by atoms with Crippen LogP contribution in [-0.4, -0.2) is 44.2 Å². The summed E-state index contributed by atoms with van der Waals surface area (Å²) in [5.41, 5.74) is 5.59. The number of ether oxygens (including phenoxy) is 1. The van der Waals surface area contributed by atoms with E-state index in [1.807, 2.05) is 6.26 Å². The van der Waals surface area contributed by atoms with Crippen molar-refractivity contribution >= 4 is 17.7 Å². The molecule has 0 aliphatic rings. The van der Waals surface area contributed by atoms with Crippen molar-refractivity contribution in [3.8, 4) is 0 Å². The third-order valence-corrected chi connectivity index (χ3v) is 2.19. The third-order valence-electron chi connectivity index (χ3n) is 1.58. The van der Waals surface area contributed by atoms with Crippen LogP contribution in [0.5, 0.6) is 0 Å². The predicted molar refractivity (Wildman–Crippen MR) is 55.9 cm³/mol. The molecule has 5 heteroatoms. The van der Waals surface area contributed by atoms with Crippen LogP contribution in [0, 0.1) is 0 Å². The molecule has 1 amide bonds. The SMILES string of the molecule is COCCC(N)C(=O)NCCSC. The van der Waals surface area contributed by atoms with Gasteiger partial charge in [-0.1, -0.05) is 0 Å². The van der Waals surface area contributed by atoms with Crippen LogP contribution in [0.15, 0.2) is 0 Å². The summed E-state index contributed by atoms with van der Waals surface area (Å²) in [6.07, 6.45) is 2.57. The first-order valence-electron chi connectivity index (χ1n) is 4.23. The van der Waals surface area contributed by atoms with Crippen molar-refractivity contribution in [3.63, 3.8) is 0 Å². The average molecular weight is 206 g/mol. The van der Waals surface area contributed by atoms with Gasteiger partial charge < -0.3 is 15.8 Å². The van der Waals surface area contributed by atoms with Crippen LogP contribution in [0.2, 0.25) is 0 Å². The van der Waals surface area contributed by atoms with Crippen LogP contribution >= 0.6 is 11.8 Å². The van der Waals surface area contributed by atoms with Crippen molar-refractivity contribution in [3.05, 3.63) is 0 Å². The second-order valence-electron chi connectivity index (χ2n) is 2.67. The number of methoxy groups -OCH3 is 1. The molecule has 0 saturated heterocycles. The molecule has 0 aromatic heterocycles. The van der Waals surface area contributed by atoms with Gasteiger partial charge in [0.15, 0.2) is 0 Å². The molecule has 0 aliphatic carbocycles. The summed E-state index contributed by atoms with van der Waals surface area (Å²) in [7, 11) is 1.60. The van der Waals surface area contributed by atoms with Crippen molar-refractivity contribution in [2.75, 3.05) is 32.3 Å².